The van der Waals surface area contributed by atoms with E-state index < -0.39 is 0 Å². The Morgan fingerprint density at radius 1 is 1.24 bits per heavy atom. The lowest BCUT2D eigenvalue weighted by Crippen LogP contribution is -2.26. The molecule has 0 saturated heterocycles. The minimum atomic E-state index is -0.360. The molecule has 0 saturated carbocycles. The first-order valence-corrected chi connectivity index (χ1v) is 6.59. The van der Waals surface area contributed by atoms with Crippen LogP contribution in [0.5, 0.6) is 0 Å². The summed E-state index contributed by atoms with van der Waals surface area (Å²) in [7, 11) is 0. The fourth-order valence-corrected chi connectivity index (χ4v) is 1.90. The van der Waals surface area contributed by atoms with Crippen LogP contribution in [-0.2, 0) is 16.6 Å². The van der Waals surface area contributed by atoms with E-state index >= 15 is 0 Å². The van der Waals surface area contributed by atoms with Gasteiger partial charge in [0.05, 0.1) is 0 Å². The van der Waals surface area contributed by atoms with Gasteiger partial charge in [-0.05, 0) is 44.7 Å². The van der Waals surface area contributed by atoms with Crippen LogP contribution in [0.4, 0.5) is 0 Å². The first-order valence-electron chi connectivity index (χ1n) is 6.59. The van der Waals surface area contributed by atoms with E-state index in [0.717, 1.165) is 12.0 Å². The highest BCUT2D eigenvalue weighted by atomic mass is 16.1. The van der Waals surface area contributed by atoms with Crippen molar-refractivity contribution < 1.29 is 4.79 Å². The molecule has 0 heterocycles. The monoisotopic (exact) mass is 232 g/mol. The molecule has 0 amide bonds. The zero-order chi connectivity index (χ0) is 12.9. The second kappa shape index (κ2) is 6.00. The number of rotatable bonds is 6. The van der Waals surface area contributed by atoms with Crippen LogP contribution in [-0.4, -0.2) is 5.78 Å². The van der Waals surface area contributed by atoms with Gasteiger partial charge in [-0.15, -0.1) is 0 Å². The Labute approximate surface area is 105 Å². The van der Waals surface area contributed by atoms with Crippen molar-refractivity contribution in [3.63, 3.8) is 0 Å². The van der Waals surface area contributed by atoms with Crippen LogP contribution >= 0.6 is 0 Å². The lowest BCUT2D eigenvalue weighted by molar-refractivity contribution is -0.121. The smallest absolute Gasteiger partial charge is 0.139 e. The number of Topliss-reactive ketones (excluding diaryl/α,β-unsaturated/α-hetero) is 1. The molecule has 0 aliphatic rings. The Bertz CT molecular complexity index is 377. The standard InChI is InChI=1S/C16H24O/c1-5-6-7-9-14-10-8-11-15(12-14)16(3,4)13(2)17/h8,10-12H,5-7,9H2,1-4H3. The molecule has 1 rings (SSSR count). The van der Waals surface area contributed by atoms with Crippen LogP contribution < -0.4 is 0 Å². The largest absolute Gasteiger partial charge is 0.299 e. The lowest BCUT2D eigenvalue weighted by atomic mass is 9.80. The maximum absolute atomic E-state index is 11.6. The molecule has 1 aromatic carbocycles. The van der Waals surface area contributed by atoms with Crippen molar-refractivity contribution in [2.45, 2.75) is 58.8 Å². The van der Waals surface area contributed by atoms with E-state index in [1.54, 1.807) is 6.92 Å². The maximum Gasteiger partial charge on any atom is 0.139 e. The summed E-state index contributed by atoms with van der Waals surface area (Å²) in [6, 6.07) is 8.48. The lowest BCUT2D eigenvalue weighted by Gasteiger charge is -2.22. The van der Waals surface area contributed by atoms with E-state index in [0.29, 0.717) is 0 Å². The fourth-order valence-electron chi connectivity index (χ4n) is 1.90. The third kappa shape index (κ3) is 3.69. The van der Waals surface area contributed by atoms with Gasteiger partial charge in [-0.25, -0.2) is 0 Å². The van der Waals surface area contributed by atoms with E-state index in [4.69, 9.17) is 0 Å². The highest BCUT2D eigenvalue weighted by molar-refractivity contribution is 5.87. The van der Waals surface area contributed by atoms with Gasteiger partial charge in [0.25, 0.3) is 0 Å². The van der Waals surface area contributed by atoms with Crippen LogP contribution in [0.15, 0.2) is 24.3 Å². The van der Waals surface area contributed by atoms with Gasteiger partial charge >= 0.3 is 0 Å². The van der Waals surface area contributed by atoms with Crippen LogP contribution in [0.2, 0.25) is 0 Å². The Balaban J connectivity index is 2.82. The molecule has 94 valence electrons. The van der Waals surface area contributed by atoms with E-state index in [1.165, 1.54) is 24.8 Å². The van der Waals surface area contributed by atoms with Crippen molar-refractivity contribution in [3.8, 4) is 0 Å². The number of carbonyl (C=O) groups is 1. The van der Waals surface area contributed by atoms with Gasteiger partial charge in [-0.2, -0.15) is 0 Å². The first kappa shape index (κ1) is 14.0. The predicted molar refractivity (Wildman–Crippen MR) is 73.4 cm³/mol. The van der Waals surface area contributed by atoms with E-state index in [9.17, 15) is 4.79 Å². The number of aryl methyl sites for hydroxylation is 1. The molecule has 17 heavy (non-hydrogen) atoms. The van der Waals surface area contributed by atoms with Gasteiger partial charge in [-0.3, -0.25) is 4.79 Å². The minimum Gasteiger partial charge on any atom is -0.299 e. The molecule has 0 spiro atoms. The second-order valence-corrected chi connectivity index (χ2v) is 5.34. The van der Waals surface area contributed by atoms with Crippen molar-refractivity contribution in [2.24, 2.45) is 0 Å². The van der Waals surface area contributed by atoms with Crippen molar-refractivity contribution in [3.05, 3.63) is 35.4 Å². The third-order valence-electron chi connectivity index (χ3n) is 3.60. The molecule has 0 aliphatic heterocycles. The molecule has 0 fully saturated rings. The van der Waals surface area contributed by atoms with Crippen LogP contribution in [0.3, 0.4) is 0 Å². The van der Waals surface area contributed by atoms with Crippen LogP contribution in [0, 0.1) is 0 Å². The highest BCUT2D eigenvalue weighted by Crippen LogP contribution is 2.25. The molecule has 0 unspecified atom stereocenters. The molecule has 0 atom stereocenters. The van der Waals surface area contributed by atoms with Crippen molar-refractivity contribution in [1.82, 2.24) is 0 Å². The Kier molecular flexibility index (Phi) is 4.92. The summed E-state index contributed by atoms with van der Waals surface area (Å²) >= 11 is 0. The average Bonchev–Trinajstić information content (AvgIpc) is 2.29. The van der Waals surface area contributed by atoms with E-state index in [-0.39, 0.29) is 11.2 Å². The molecule has 1 nitrogen and oxygen atoms in total. The number of unbranched alkanes of at least 4 members (excludes halogenated alkanes) is 2. The summed E-state index contributed by atoms with van der Waals surface area (Å²) in [4.78, 5) is 11.6. The fraction of sp³-hybridized carbons (Fsp3) is 0.562. The number of hydrogen-bond acceptors (Lipinski definition) is 1. The van der Waals surface area contributed by atoms with Gasteiger partial charge in [0.15, 0.2) is 0 Å². The Morgan fingerprint density at radius 3 is 2.53 bits per heavy atom. The van der Waals surface area contributed by atoms with Crippen molar-refractivity contribution in [2.75, 3.05) is 0 Å². The summed E-state index contributed by atoms with van der Waals surface area (Å²) < 4.78 is 0. The number of carbonyl (C=O) groups excluding carboxylic acids is 1. The minimum absolute atomic E-state index is 0.225. The van der Waals surface area contributed by atoms with Crippen molar-refractivity contribution in [1.29, 1.82) is 0 Å². The first-order chi connectivity index (χ1) is 7.98. The number of benzene rings is 1. The van der Waals surface area contributed by atoms with Crippen LogP contribution in [0.25, 0.3) is 0 Å². The van der Waals surface area contributed by atoms with Gasteiger partial charge in [-0.1, -0.05) is 44.0 Å². The quantitative estimate of drug-likeness (QED) is 0.669. The van der Waals surface area contributed by atoms with E-state index in [1.807, 2.05) is 13.8 Å². The number of ketones is 1. The van der Waals surface area contributed by atoms with Gasteiger partial charge < -0.3 is 0 Å². The number of hydrogen-bond donors (Lipinski definition) is 0. The normalized spacial score (nSPS) is 11.5. The van der Waals surface area contributed by atoms with E-state index in [2.05, 4.69) is 31.2 Å². The second-order valence-electron chi connectivity index (χ2n) is 5.34. The summed E-state index contributed by atoms with van der Waals surface area (Å²) in [6.45, 7) is 7.89. The molecular formula is C16H24O. The molecule has 0 aliphatic carbocycles. The maximum atomic E-state index is 11.6. The molecule has 0 bridgehead atoms. The summed E-state index contributed by atoms with van der Waals surface area (Å²) in [5.41, 5.74) is 2.13. The summed E-state index contributed by atoms with van der Waals surface area (Å²) in [6.07, 6.45) is 4.88. The topological polar surface area (TPSA) is 17.1 Å². The summed E-state index contributed by atoms with van der Waals surface area (Å²) in [5, 5.41) is 0. The third-order valence-corrected chi connectivity index (χ3v) is 3.60. The van der Waals surface area contributed by atoms with Crippen molar-refractivity contribution >= 4 is 5.78 Å². The Morgan fingerprint density at radius 2 is 1.94 bits per heavy atom. The molecule has 0 aromatic heterocycles. The Hall–Kier alpha value is -1.11. The zero-order valence-corrected chi connectivity index (χ0v) is 11.5. The SMILES string of the molecule is CCCCCc1cccc(C(C)(C)C(C)=O)c1. The van der Waals surface area contributed by atoms with Gasteiger partial charge in [0, 0.05) is 5.41 Å². The molecule has 1 aromatic rings. The molecule has 1 heteroatoms. The van der Waals surface area contributed by atoms with Gasteiger partial charge in [0.1, 0.15) is 5.78 Å². The average molecular weight is 232 g/mol. The molecule has 0 N–H and O–H groups in total. The predicted octanol–water partition coefficient (Wildman–Crippen LogP) is 4.29. The molecule has 0 radical (unpaired) electrons. The zero-order valence-electron chi connectivity index (χ0n) is 11.5. The highest BCUT2D eigenvalue weighted by Gasteiger charge is 2.25. The molecular weight excluding hydrogens is 208 g/mol. The summed E-state index contributed by atoms with van der Waals surface area (Å²) in [5.74, 6) is 0.225. The van der Waals surface area contributed by atoms with Crippen LogP contribution in [0.1, 0.15) is 58.1 Å². The van der Waals surface area contributed by atoms with Gasteiger partial charge in [0.2, 0.25) is 0 Å².